The number of nitrogens with two attached hydrogens (primary N) is 1. The molecule has 0 heterocycles. The van der Waals surface area contributed by atoms with Crippen molar-refractivity contribution in [1.29, 1.82) is 0 Å². The van der Waals surface area contributed by atoms with E-state index < -0.39 is 10.0 Å². The van der Waals surface area contributed by atoms with Crippen molar-refractivity contribution in [2.75, 3.05) is 25.4 Å². The van der Waals surface area contributed by atoms with Crippen molar-refractivity contribution in [3.63, 3.8) is 0 Å². The highest BCUT2D eigenvalue weighted by Gasteiger charge is 2.03. The van der Waals surface area contributed by atoms with E-state index in [9.17, 15) is 13.2 Å². The van der Waals surface area contributed by atoms with Crippen molar-refractivity contribution in [2.45, 2.75) is 19.8 Å². The molecule has 0 aromatic rings. The van der Waals surface area contributed by atoms with E-state index in [4.69, 9.17) is 5.14 Å². The maximum atomic E-state index is 11.1. The molecule has 7 heteroatoms. The van der Waals surface area contributed by atoms with Crippen LogP contribution in [0, 0.1) is 0 Å². The highest BCUT2D eigenvalue weighted by molar-refractivity contribution is 7.89. The number of carbonyl (C=O) groups excluding carboxylic acids is 1. The van der Waals surface area contributed by atoms with E-state index in [0.717, 1.165) is 13.0 Å². The van der Waals surface area contributed by atoms with Crippen LogP contribution >= 0.6 is 0 Å². The lowest BCUT2D eigenvalue weighted by molar-refractivity contribution is -0.120. The SMILES string of the molecule is CCCNCC(=O)NCCCS(N)(=O)=O. The van der Waals surface area contributed by atoms with Crippen LogP contribution < -0.4 is 15.8 Å². The Kier molecular flexibility index (Phi) is 7.27. The molecule has 0 aliphatic carbocycles. The Hall–Kier alpha value is -0.660. The summed E-state index contributed by atoms with van der Waals surface area (Å²) in [5.41, 5.74) is 0. The molecule has 0 spiro atoms. The van der Waals surface area contributed by atoms with Crippen LogP contribution in [0.1, 0.15) is 19.8 Å². The van der Waals surface area contributed by atoms with Gasteiger partial charge in [-0.2, -0.15) is 0 Å². The van der Waals surface area contributed by atoms with Crippen molar-refractivity contribution < 1.29 is 13.2 Å². The van der Waals surface area contributed by atoms with Gasteiger partial charge in [-0.15, -0.1) is 0 Å². The van der Waals surface area contributed by atoms with Gasteiger partial charge < -0.3 is 10.6 Å². The lowest BCUT2D eigenvalue weighted by Gasteiger charge is -2.05. The first kappa shape index (κ1) is 14.3. The van der Waals surface area contributed by atoms with Crippen LogP contribution in [0.5, 0.6) is 0 Å². The van der Waals surface area contributed by atoms with Gasteiger partial charge in [-0.05, 0) is 19.4 Å². The Balaban J connectivity index is 3.39. The molecule has 90 valence electrons. The van der Waals surface area contributed by atoms with Crippen molar-refractivity contribution in [1.82, 2.24) is 10.6 Å². The fourth-order valence-electron chi connectivity index (χ4n) is 0.942. The quantitative estimate of drug-likeness (QED) is 0.461. The Labute approximate surface area is 90.7 Å². The zero-order chi connectivity index (χ0) is 11.7. The van der Waals surface area contributed by atoms with Crippen molar-refractivity contribution in [2.24, 2.45) is 5.14 Å². The van der Waals surface area contributed by atoms with Gasteiger partial charge >= 0.3 is 0 Å². The second-order valence-electron chi connectivity index (χ2n) is 3.25. The molecule has 0 aliphatic rings. The lowest BCUT2D eigenvalue weighted by atomic mass is 10.4. The monoisotopic (exact) mass is 237 g/mol. The maximum absolute atomic E-state index is 11.1. The van der Waals surface area contributed by atoms with Crippen molar-refractivity contribution >= 4 is 15.9 Å². The van der Waals surface area contributed by atoms with Crippen LogP contribution in [-0.2, 0) is 14.8 Å². The predicted molar refractivity (Wildman–Crippen MR) is 58.8 cm³/mol. The molecule has 0 fully saturated rings. The summed E-state index contributed by atoms with van der Waals surface area (Å²) in [4.78, 5) is 11.1. The standard InChI is InChI=1S/C8H19N3O3S/c1-2-4-10-7-8(12)11-5-3-6-15(9,13)14/h10H,2-7H2,1H3,(H,11,12)(H2,9,13,14). The average Bonchev–Trinajstić information content (AvgIpc) is 2.11. The minimum atomic E-state index is -3.41. The molecule has 0 saturated carbocycles. The van der Waals surface area contributed by atoms with Crippen LogP contribution in [0.4, 0.5) is 0 Å². The first-order valence-corrected chi connectivity index (χ1v) is 6.65. The third-order valence-corrected chi connectivity index (χ3v) is 2.50. The third kappa shape index (κ3) is 11.3. The van der Waals surface area contributed by atoms with E-state index in [2.05, 4.69) is 10.6 Å². The minimum Gasteiger partial charge on any atom is -0.355 e. The van der Waals surface area contributed by atoms with E-state index in [1.54, 1.807) is 0 Å². The number of amides is 1. The first-order valence-electron chi connectivity index (χ1n) is 4.93. The molecule has 0 bridgehead atoms. The van der Waals surface area contributed by atoms with Gasteiger partial charge in [-0.3, -0.25) is 4.79 Å². The van der Waals surface area contributed by atoms with E-state index >= 15 is 0 Å². The smallest absolute Gasteiger partial charge is 0.233 e. The minimum absolute atomic E-state index is 0.102. The summed E-state index contributed by atoms with van der Waals surface area (Å²) < 4.78 is 21.1. The van der Waals surface area contributed by atoms with Gasteiger partial charge in [0.25, 0.3) is 0 Å². The maximum Gasteiger partial charge on any atom is 0.233 e. The third-order valence-electron chi connectivity index (χ3n) is 1.64. The normalized spacial score (nSPS) is 11.3. The Morgan fingerprint density at radius 2 is 2.00 bits per heavy atom. The van der Waals surface area contributed by atoms with Gasteiger partial charge in [0, 0.05) is 6.54 Å². The summed E-state index contributed by atoms with van der Waals surface area (Å²) in [5.74, 6) is -0.228. The molecular formula is C8H19N3O3S. The van der Waals surface area contributed by atoms with E-state index in [-0.39, 0.29) is 18.2 Å². The molecule has 0 atom stereocenters. The highest BCUT2D eigenvalue weighted by atomic mass is 32.2. The van der Waals surface area contributed by atoms with E-state index in [0.29, 0.717) is 13.0 Å². The summed E-state index contributed by atoms with van der Waals surface area (Å²) in [7, 11) is -3.41. The Morgan fingerprint density at radius 1 is 1.33 bits per heavy atom. The van der Waals surface area contributed by atoms with Gasteiger partial charge in [0.15, 0.2) is 0 Å². The lowest BCUT2D eigenvalue weighted by Crippen LogP contribution is -2.35. The summed E-state index contributed by atoms with van der Waals surface area (Å²) in [5, 5.41) is 10.3. The summed E-state index contributed by atoms with van der Waals surface area (Å²) >= 11 is 0. The molecule has 0 aliphatic heterocycles. The van der Waals surface area contributed by atoms with Crippen LogP contribution in [0.15, 0.2) is 0 Å². The van der Waals surface area contributed by atoms with Crippen molar-refractivity contribution in [3.05, 3.63) is 0 Å². The summed E-state index contributed by atoms with van der Waals surface area (Å²) in [6.07, 6.45) is 1.32. The van der Waals surface area contributed by atoms with Crippen molar-refractivity contribution in [3.8, 4) is 0 Å². The molecule has 0 rings (SSSR count). The van der Waals surface area contributed by atoms with E-state index in [1.165, 1.54) is 0 Å². The van der Waals surface area contributed by atoms with Gasteiger partial charge in [-0.1, -0.05) is 6.92 Å². The topological polar surface area (TPSA) is 101 Å². The van der Waals surface area contributed by atoms with Gasteiger partial charge in [-0.25, -0.2) is 13.6 Å². The second kappa shape index (κ2) is 7.61. The molecule has 0 saturated heterocycles. The van der Waals surface area contributed by atoms with Crippen LogP contribution in [0.25, 0.3) is 0 Å². The van der Waals surface area contributed by atoms with Crippen LogP contribution in [0.2, 0.25) is 0 Å². The first-order chi connectivity index (χ1) is 6.95. The summed E-state index contributed by atoms with van der Waals surface area (Å²) in [6, 6.07) is 0. The van der Waals surface area contributed by atoms with Gasteiger partial charge in [0.2, 0.25) is 15.9 Å². The summed E-state index contributed by atoms with van der Waals surface area (Å²) in [6.45, 7) is 3.41. The molecule has 0 aromatic heterocycles. The molecule has 15 heavy (non-hydrogen) atoms. The largest absolute Gasteiger partial charge is 0.355 e. The fraction of sp³-hybridized carbons (Fsp3) is 0.875. The fourth-order valence-corrected chi connectivity index (χ4v) is 1.49. The molecule has 0 unspecified atom stereocenters. The van der Waals surface area contributed by atoms with Crippen LogP contribution in [0.3, 0.4) is 0 Å². The number of hydrogen-bond acceptors (Lipinski definition) is 4. The number of primary sulfonamides is 1. The predicted octanol–water partition coefficient (Wildman–Crippen LogP) is -1.22. The number of rotatable bonds is 8. The molecule has 0 radical (unpaired) electrons. The highest BCUT2D eigenvalue weighted by Crippen LogP contribution is 1.83. The average molecular weight is 237 g/mol. The molecule has 4 N–H and O–H groups in total. The number of hydrogen-bond donors (Lipinski definition) is 3. The Bertz CT molecular complexity index is 277. The molecule has 0 aromatic carbocycles. The molecule has 1 amide bonds. The number of nitrogens with one attached hydrogen (secondary N) is 2. The van der Waals surface area contributed by atoms with Gasteiger partial charge in [0.1, 0.15) is 0 Å². The van der Waals surface area contributed by atoms with Crippen LogP contribution in [-0.4, -0.2) is 39.7 Å². The Morgan fingerprint density at radius 3 is 2.53 bits per heavy atom. The number of sulfonamides is 1. The number of carbonyl (C=O) groups is 1. The zero-order valence-electron chi connectivity index (χ0n) is 8.95. The zero-order valence-corrected chi connectivity index (χ0v) is 9.77. The second-order valence-corrected chi connectivity index (χ2v) is 4.98. The van der Waals surface area contributed by atoms with E-state index in [1.807, 2.05) is 6.92 Å². The van der Waals surface area contributed by atoms with Gasteiger partial charge in [0.05, 0.1) is 12.3 Å². The molecule has 6 nitrogen and oxygen atoms in total. The molecular weight excluding hydrogens is 218 g/mol.